The predicted molar refractivity (Wildman–Crippen MR) is 82.9 cm³/mol. The topological polar surface area (TPSA) is 66.6 Å². The largest absolute Gasteiger partial charge is 0.396 e. The molecule has 2 rings (SSSR count). The number of para-hydroxylation sites is 1. The molecule has 1 atom stereocenters. The second-order valence-electron chi connectivity index (χ2n) is 5.62. The maximum Gasteiger partial charge on any atom is 0.177 e. The summed E-state index contributed by atoms with van der Waals surface area (Å²) in [6.45, 7) is 1.98. The van der Waals surface area contributed by atoms with Gasteiger partial charge in [-0.25, -0.2) is 8.42 Å². The van der Waals surface area contributed by atoms with Gasteiger partial charge in [0, 0.05) is 25.9 Å². The first kappa shape index (κ1) is 15.1. The molecule has 5 nitrogen and oxygen atoms in total. The Labute approximate surface area is 121 Å². The van der Waals surface area contributed by atoms with Crippen molar-refractivity contribution < 1.29 is 8.42 Å². The van der Waals surface area contributed by atoms with Gasteiger partial charge in [0.25, 0.3) is 0 Å². The molecule has 1 aliphatic heterocycles. The van der Waals surface area contributed by atoms with Crippen LogP contribution >= 0.6 is 0 Å². The second-order valence-corrected chi connectivity index (χ2v) is 7.60. The lowest BCUT2D eigenvalue weighted by atomic mass is 10.2. The van der Waals surface area contributed by atoms with E-state index in [-0.39, 0.29) is 4.90 Å². The molecule has 1 saturated heterocycles. The first-order valence-corrected chi connectivity index (χ1v) is 8.69. The van der Waals surface area contributed by atoms with Crippen molar-refractivity contribution in [3.63, 3.8) is 0 Å². The summed E-state index contributed by atoms with van der Waals surface area (Å²) >= 11 is 0. The molecule has 0 aromatic heterocycles. The van der Waals surface area contributed by atoms with Gasteiger partial charge >= 0.3 is 0 Å². The molecule has 1 unspecified atom stereocenters. The van der Waals surface area contributed by atoms with Crippen molar-refractivity contribution in [1.82, 2.24) is 4.90 Å². The summed E-state index contributed by atoms with van der Waals surface area (Å²) in [5, 5.41) is 0. The van der Waals surface area contributed by atoms with Crippen LogP contribution < -0.4 is 10.6 Å². The molecule has 0 spiro atoms. The van der Waals surface area contributed by atoms with Gasteiger partial charge in [-0.05, 0) is 38.6 Å². The van der Waals surface area contributed by atoms with E-state index < -0.39 is 9.84 Å². The number of likely N-dealkylation sites (tertiary alicyclic amines) is 1. The third-order valence-corrected chi connectivity index (χ3v) is 5.16. The molecular weight excluding hydrogens is 274 g/mol. The molecule has 1 fully saturated rings. The summed E-state index contributed by atoms with van der Waals surface area (Å²) in [4.78, 5) is 4.60. The van der Waals surface area contributed by atoms with E-state index in [1.807, 2.05) is 13.1 Å². The maximum atomic E-state index is 11.7. The minimum Gasteiger partial charge on any atom is -0.396 e. The Hall–Kier alpha value is -1.27. The van der Waals surface area contributed by atoms with Crippen molar-refractivity contribution in [2.24, 2.45) is 0 Å². The van der Waals surface area contributed by atoms with Crippen LogP contribution in [0.25, 0.3) is 0 Å². The van der Waals surface area contributed by atoms with Crippen molar-refractivity contribution in [2.75, 3.05) is 44.1 Å². The summed E-state index contributed by atoms with van der Waals surface area (Å²) in [6, 6.07) is 5.68. The Morgan fingerprint density at radius 1 is 1.45 bits per heavy atom. The Balaban J connectivity index is 2.24. The van der Waals surface area contributed by atoms with Gasteiger partial charge in [-0.1, -0.05) is 6.07 Å². The summed E-state index contributed by atoms with van der Waals surface area (Å²) in [5.41, 5.74) is 7.18. The SMILES string of the molecule is CN(CC1CCCN1C)c1cccc(S(C)(=O)=O)c1N. The predicted octanol–water partition coefficient (Wildman–Crippen LogP) is 1.20. The molecule has 0 bridgehead atoms. The Morgan fingerprint density at radius 3 is 2.70 bits per heavy atom. The van der Waals surface area contributed by atoms with Crippen molar-refractivity contribution >= 4 is 21.2 Å². The molecule has 0 aliphatic carbocycles. The van der Waals surface area contributed by atoms with Gasteiger partial charge in [-0.3, -0.25) is 0 Å². The normalized spacial score (nSPS) is 20.2. The molecule has 112 valence electrons. The fraction of sp³-hybridized carbons (Fsp3) is 0.571. The van der Waals surface area contributed by atoms with Gasteiger partial charge in [0.2, 0.25) is 0 Å². The number of hydrogen-bond donors (Lipinski definition) is 1. The van der Waals surface area contributed by atoms with E-state index in [4.69, 9.17) is 5.73 Å². The summed E-state index contributed by atoms with van der Waals surface area (Å²) in [5.74, 6) is 0. The maximum absolute atomic E-state index is 11.7. The van der Waals surface area contributed by atoms with Gasteiger partial charge in [0.05, 0.1) is 16.3 Å². The van der Waals surface area contributed by atoms with Gasteiger partial charge in [-0.15, -0.1) is 0 Å². The fourth-order valence-electron chi connectivity index (χ4n) is 2.81. The summed E-state index contributed by atoms with van der Waals surface area (Å²) < 4.78 is 23.4. The molecule has 0 radical (unpaired) electrons. The quantitative estimate of drug-likeness (QED) is 0.846. The lowest BCUT2D eigenvalue weighted by molar-refractivity contribution is 0.314. The average molecular weight is 297 g/mol. The number of nitrogens with zero attached hydrogens (tertiary/aromatic N) is 2. The number of hydrogen-bond acceptors (Lipinski definition) is 5. The number of nitrogen functional groups attached to an aromatic ring is 1. The zero-order valence-corrected chi connectivity index (χ0v) is 13.2. The van der Waals surface area contributed by atoms with Crippen molar-refractivity contribution in [1.29, 1.82) is 0 Å². The van der Waals surface area contributed by atoms with Crippen LogP contribution in [0.1, 0.15) is 12.8 Å². The molecule has 1 aliphatic rings. The van der Waals surface area contributed by atoms with Crippen LogP contribution in [0.2, 0.25) is 0 Å². The number of nitrogens with two attached hydrogens (primary N) is 1. The molecule has 2 N–H and O–H groups in total. The highest BCUT2D eigenvalue weighted by atomic mass is 32.2. The molecule has 1 heterocycles. The zero-order valence-electron chi connectivity index (χ0n) is 12.3. The number of likely N-dealkylation sites (N-methyl/N-ethyl adjacent to an activating group) is 2. The zero-order chi connectivity index (χ0) is 14.9. The fourth-order valence-corrected chi connectivity index (χ4v) is 3.64. The number of benzene rings is 1. The smallest absolute Gasteiger partial charge is 0.177 e. The van der Waals surface area contributed by atoms with Crippen LogP contribution in [0.3, 0.4) is 0 Å². The number of rotatable bonds is 4. The van der Waals surface area contributed by atoms with Crippen LogP contribution in [0.4, 0.5) is 11.4 Å². The van der Waals surface area contributed by atoms with Gasteiger partial charge < -0.3 is 15.5 Å². The molecular formula is C14H23N3O2S. The molecule has 20 heavy (non-hydrogen) atoms. The molecule has 1 aromatic carbocycles. The minimum absolute atomic E-state index is 0.210. The van der Waals surface area contributed by atoms with Crippen molar-refractivity contribution in [2.45, 2.75) is 23.8 Å². The van der Waals surface area contributed by atoms with E-state index in [2.05, 4.69) is 16.8 Å². The first-order valence-electron chi connectivity index (χ1n) is 6.80. The van der Waals surface area contributed by atoms with E-state index in [1.54, 1.807) is 12.1 Å². The lowest BCUT2D eigenvalue weighted by Crippen LogP contribution is -2.37. The van der Waals surface area contributed by atoms with E-state index >= 15 is 0 Å². The summed E-state index contributed by atoms with van der Waals surface area (Å²) in [6.07, 6.45) is 3.58. The number of sulfone groups is 1. The summed E-state index contributed by atoms with van der Waals surface area (Å²) in [7, 11) is 0.799. The third-order valence-electron chi connectivity index (χ3n) is 4.01. The standard InChI is InChI=1S/C14H23N3O2S/c1-16-9-5-6-11(16)10-17(2)12-7-4-8-13(14(12)15)20(3,18)19/h4,7-8,11H,5-6,9-10,15H2,1-3H3. The van der Waals surface area contributed by atoms with Crippen LogP contribution in [-0.2, 0) is 9.84 Å². The van der Waals surface area contributed by atoms with Crippen LogP contribution in [0, 0.1) is 0 Å². The van der Waals surface area contributed by atoms with Crippen LogP contribution in [-0.4, -0.2) is 52.8 Å². The van der Waals surface area contributed by atoms with Crippen molar-refractivity contribution in [3.8, 4) is 0 Å². The van der Waals surface area contributed by atoms with Gasteiger partial charge in [0.1, 0.15) is 0 Å². The highest BCUT2D eigenvalue weighted by Gasteiger charge is 2.23. The first-order chi connectivity index (χ1) is 9.30. The van der Waals surface area contributed by atoms with Crippen LogP contribution in [0.15, 0.2) is 23.1 Å². The average Bonchev–Trinajstić information content (AvgIpc) is 2.73. The third kappa shape index (κ3) is 3.07. The molecule has 6 heteroatoms. The Morgan fingerprint density at radius 2 is 2.15 bits per heavy atom. The van der Waals surface area contributed by atoms with E-state index in [1.165, 1.54) is 19.1 Å². The minimum atomic E-state index is -3.29. The highest BCUT2D eigenvalue weighted by molar-refractivity contribution is 7.90. The van der Waals surface area contributed by atoms with E-state index in [9.17, 15) is 8.42 Å². The Bertz CT molecular complexity index is 586. The van der Waals surface area contributed by atoms with E-state index in [0.29, 0.717) is 11.7 Å². The second kappa shape index (κ2) is 5.61. The number of anilines is 2. The molecule has 0 saturated carbocycles. The van der Waals surface area contributed by atoms with E-state index in [0.717, 1.165) is 18.8 Å². The monoisotopic (exact) mass is 297 g/mol. The molecule has 1 aromatic rings. The van der Waals surface area contributed by atoms with Crippen LogP contribution in [0.5, 0.6) is 0 Å². The van der Waals surface area contributed by atoms with Gasteiger partial charge in [0.15, 0.2) is 9.84 Å². The highest BCUT2D eigenvalue weighted by Crippen LogP contribution is 2.30. The van der Waals surface area contributed by atoms with Crippen molar-refractivity contribution in [3.05, 3.63) is 18.2 Å². The lowest BCUT2D eigenvalue weighted by Gasteiger charge is -2.28. The van der Waals surface area contributed by atoms with Gasteiger partial charge in [-0.2, -0.15) is 0 Å². The molecule has 0 amide bonds. The Kier molecular flexibility index (Phi) is 4.25.